The second kappa shape index (κ2) is 7.84. The zero-order valence-corrected chi connectivity index (χ0v) is 18.1. The Labute approximate surface area is 180 Å². The molecule has 3 aromatic rings. The lowest BCUT2D eigenvalue weighted by atomic mass is 10.1. The van der Waals surface area contributed by atoms with Crippen molar-refractivity contribution in [3.05, 3.63) is 89.3 Å². The smallest absolute Gasteiger partial charge is 0.305 e. The molecule has 0 aliphatic carbocycles. The van der Waals surface area contributed by atoms with Gasteiger partial charge >= 0.3 is 10.2 Å². The van der Waals surface area contributed by atoms with E-state index in [1.165, 1.54) is 13.1 Å². The second-order valence-electron chi connectivity index (χ2n) is 7.19. The van der Waals surface area contributed by atoms with Gasteiger partial charge in [0.1, 0.15) is 11.5 Å². The lowest BCUT2D eigenvalue weighted by molar-refractivity contribution is -0.113. The van der Waals surface area contributed by atoms with Crippen molar-refractivity contribution in [2.45, 2.75) is 13.8 Å². The van der Waals surface area contributed by atoms with Gasteiger partial charge in [0.2, 0.25) is 0 Å². The first-order valence-electron chi connectivity index (χ1n) is 9.55. The number of amides is 1. The highest BCUT2D eigenvalue weighted by Crippen LogP contribution is 2.23. The first-order chi connectivity index (χ1) is 14.7. The van der Waals surface area contributed by atoms with Crippen LogP contribution in [-0.2, 0) is 15.0 Å². The molecule has 1 N–H and O–H groups in total. The van der Waals surface area contributed by atoms with E-state index in [1.54, 1.807) is 22.9 Å². The van der Waals surface area contributed by atoms with Crippen molar-refractivity contribution < 1.29 is 13.2 Å². The number of nitrogens with zero attached hydrogens (tertiary/aromatic N) is 4. The Morgan fingerprint density at radius 2 is 1.68 bits per heavy atom. The fourth-order valence-electron chi connectivity index (χ4n) is 3.16. The summed E-state index contributed by atoms with van der Waals surface area (Å²) in [4.78, 5) is 13.1. The van der Waals surface area contributed by atoms with Gasteiger partial charge in [-0.15, -0.1) is 4.40 Å². The van der Waals surface area contributed by atoms with Gasteiger partial charge in [-0.1, -0.05) is 48.0 Å². The molecule has 0 bridgehead atoms. The number of benzene rings is 2. The quantitative estimate of drug-likeness (QED) is 0.681. The van der Waals surface area contributed by atoms with E-state index in [-0.39, 0.29) is 11.4 Å². The molecule has 9 heteroatoms. The Balaban J connectivity index is 1.70. The van der Waals surface area contributed by atoms with Crippen molar-refractivity contribution in [1.82, 2.24) is 14.1 Å². The number of aromatic nitrogens is 2. The minimum absolute atomic E-state index is 0.0379. The molecule has 158 valence electrons. The Morgan fingerprint density at radius 3 is 2.35 bits per heavy atom. The summed E-state index contributed by atoms with van der Waals surface area (Å²) in [5.74, 6) is -0.150. The highest BCUT2D eigenvalue weighted by molar-refractivity contribution is 7.88. The van der Waals surface area contributed by atoms with Crippen molar-refractivity contribution in [2.24, 2.45) is 4.40 Å². The van der Waals surface area contributed by atoms with Crippen LogP contribution in [0.1, 0.15) is 16.8 Å². The summed E-state index contributed by atoms with van der Waals surface area (Å²) in [6, 6.07) is 18.3. The summed E-state index contributed by atoms with van der Waals surface area (Å²) in [6.07, 6.45) is 1.47. The van der Waals surface area contributed by atoms with Crippen LogP contribution in [0.2, 0.25) is 0 Å². The van der Waals surface area contributed by atoms with E-state index in [9.17, 15) is 13.2 Å². The van der Waals surface area contributed by atoms with Crippen LogP contribution in [0.5, 0.6) is 0 Å². The molecule has 0 unspecified atom stereocenters. The molecule has 1 aliphatic heterocycles. The molecule has 0 spiro atoms. The Kier molecular flexibility index (Phi) is 5.20. The molecule has 0 atom stereocenters. The summed E-state index contributed by atoms with van der Waals surface area (Å²) in [7, 11) is -2.74. The SMILES string of the molecule is Cc1ccc(C2=NS(=O)(=O)N(C)C(C(=O)Nc3cc(C)nn3-c3ccccc3)=C2)cc1. The molecule has 0 saturated heterocycles. The number of carbonyl (C=O) groups is 1. The van der Waals surface area contributed by atoms with Crippen LogP contribution in [0.3, 0.4) is 0 Å². The van der Waals surface area contributed by atoms with E-state index >= 15 is 0 Å². The van der Waals surface area contributed by atoms with Gasteiger partial charge in [-0.25, -0.2) is 8.99 Å². The highest BCUT2D eigenvalue weighted by Gasteiger charge is 2.30. The summed E-state index contributed by atoms with van der Waals surface area (Å²) >= 11 is 0. The Morgan fingerprint density at radius 1 is 1.00 bits per heavy atom. The van der Waals surface area contributed by atoms with Crippen molar-refractivity contribution in [3.63, 3.8) is 0 Å². The average Bonchev–Trinajstić information content (AvgIpc) is 3.11. The van der Waals surface area contributed by atoms with E-state index < -0.39 is 16.1 Å². The minimum atomic E-state index is -4.04. The number of para-hydroxylation sites is 1. The van der Waals surface area contributed by atoms with Crippen molar-refractivity contribution >= 4 is 27.6 Å². The maximum Gasteiger partial charge on any atom is 0.345 e. The van der Waals surface area contributed by atoms with Crippen LogP contribution in [0.15, 0.2) is 76.8 Å². The first-order valence-corrected chi connectivity index (χ1v) is 11.0. The van der Waals surface area contributed by atoms with Crippen molar-refractivity contribution in [2.75, 3.05) is 12.4 Å². The van der Waals surface area contributed by atoms with Crippen molar-refractivity contribution in [3.8, 4) is 5.69 Å². The van der Waals surface area contributed by atoms with Crippen LogP contribution < -0.4 is 5.32 Å². The first kappa shape index (κ1) is 20.5. The normalized spacial score (nSPS) is 15.3. The Hall–Kier alpha value is -3.72. The molecule has 0 saturated carbocycles. The molecule has 1 aliphatic rings. The maximum atomic E-state index is 13.1. The van der Waals surface area contributed by atoms with Gasteiger partial charge in [0.05, 0.1) is 17.1 Å². The Bertz CT molecular complexity index is 1310. The molecule has 0 fully saturated rings. The van der Waals surface area contributed by atoms with Gasteiger partial charge in [-0.2, -0.15) is 13.5 Å². The molecule has 1 aromatic heterocycles. The predicted molar refractivity (Wildman–Crippen MR) is 119 cm³/mol. The van der Waals surface area contributed by atoms with Gasteiger partial charge in [0.25, 0.3) is 5.91 Å². The number of likely N-dealkylation sites (N-methyl/N-ethyl adjacent to an activating group) is 1. The summed E-state index contributed by atoms with van der Waals surface area (Å²) in [5.41, 5.74) is 3.29. The molecule has 2 aromatic carbocycles. The number of allylic oxidation sites excluding steroid dienone is 1. The van der Waals surface area contributed by atoms with Crippen LogP contribution in [0, 0.1) is 13.8 Å². The third-order valence-corrected chi connectivity index (χ3v) is 6.14. The molecular formula is C22H21N5O3S. The van der Waals surface area contributed by atoms with E-state index in [1.807, 2.05) is 56.3 Å². The van der Waals surface area contributed by atoms with Crippen LogP contribution in [0.4, 0.5) is 5.82 Å². The molecule has 2 heterocycles. The summed E-state index contributed by atoms with van der Waals surface area (Å²) < 4.78 is 31.5. The number of carbonyl (C=O) groups excluding carboxylic acids is 1. The second-order valence-corrected chi connectivity index (χ2v) is 8.82. The number of nitrogens with one attached hydrogen (secondary N) is 1. The van der Waals surface area contributed by atoms with Crippen LogP contribution in [-0.4, -0.2) is 41.2 Å². The molecule has 0 radical (unpaired) electrons. The summed E-state index contributed by atoms with van der Waals surface area (Å²) in [6.45, 7) is 3.75. The molecule has 4 rings (SSSR count). The van der Waals surface area contributed by atoms with Gasteiger partial charge < -0.3 is 5.32 Å². The zero-order valence-electron chi connectivity index (χ0n) is 17.3. The standard InChI is InChI=1S/C22H21N5O3S/c1-15-9-11-17(12-10-15)19-14-20(26(3)31(29,30)25-19)22(28)23-21-13-16(2)24-27(21)18-7-5-4-6-8-18/h4-14H,1-3H3,(H,23,28). The number of rotatable bonds is 4. The maximum absolute atomic E-state index is 13.1. The number of aryl methyl sites for hydroxylation is 2. The van der Waals surface area contributed by atoms with E-state index in [0.29, 0.717) is 17.1 Å². The van der Waals surface area contributed by atoms with Gasteiger partial charge in [-0.05, 0) is 32.1 Å². The fraction of sp³-hybridized carbons (Fsp3) is 0.136. The minimum Gasteiger partial charge on any atom is -0.305 e. The largest absolute Gasteiger partial charge is 0.345 e. The van der Waals surface area contributed by atoms with Crippen molar-refractivity contribution in [1.29, 1.82) is 0 Å². The highest BCUT2D eigenvalue weighted by atomic mass is 32.2. The molecule has 8 nitrogen and oxygen atoms in total. The predicted octanol–water partition coefficient (Wildman–Crippen LogP) is 2.99. The fourth-order valence-corrected chi connectivity index (χ4v) is 4.07. The lowest BCUT2D eigenvalue weighted by Crippen LogP contribution is -2.36. The molecule has 31 heavy (non-hydrogen) atoms. The van der Waals surface area contributed by atoms with E-state index in [0.717, 1.165) is 15.6 Å². The number of anilines is 1. The third-order valence-electron chi connectivity index (χ3n) is 4.83. The topological polar surface area (TPSA) is 96.7 Å². The third kappa shape index (κ3) is 4.13. The van der Waals surface area contributed by atoms with Gasteiger partial charge in [0, 0.05) is 18.7 Å². The zero-order chi connectivity index (χ0) is 22.2. The average molecular weight is 436 g/mol. The summed E-state index contributed by atoms with van der Waals surface area (Å²) in [5, 5.41) is 7.21. The van der Waals surface area contributed by atoms with Crippen LogP contribution in [0.25, 0.3) is 5.69 Å². The van der Waals surface area contributed by atoms with Gasteiger partial charge in [-0.3, -0.25) is 4.79 Å². The van der Waals surface area contributed by atoms with Gasteiger partial charge in [0.15, 0.2) is 0 Å². The monoisotopic (exact) mass is 435 g/mol. The molecule has 1 amide bonds. The lowest BCUT2D eigenvalue weighted by Gasteiger charge is -2.23. The number of hydrogen-bond donors (Lipinski definition) is 1. The van der Waals surface area contributed by atoms with E-state index in [2.05, 4.69) is 14.8 Å². The van der Waals surface area contributed by atoms with Crippen LogP contribution >= 0.6 is 0 Å². The molecular weight excluding hydrogens is 414 g/mol. The number of hydrogen-bond acceptors (Lipinski definition) is 4. The van der Waals surface area contributed by atoms with E-state index in [4.69, 9.17) is 0 Å².